The molecule has 0 N–H and O–H groups in total. The van der Waals surface area contributed by atoms with Crippen molar-refractivity contribution in [1.82, 2.24) is 18.7 Å². The third-order valence-corrected chi connectivity index (χ3v) is 6.36. The van der Waals surface area contributed by atoms with E-state index >= 15 is 0 Å². The monoisotopic (exact) mass is 484 g/mol. The van der Waals surface area contributed by atoms with E-state index in [0.29, 0.717) is 13.2 Å². The molecule has 0 spiro atoms. The van der Waals surface area contributed by atoms with Crippen LogP contribution in [0.1, 0.15) is 5.56 Å². The van der Waals surface area contributed by atoms with Gasteiger partial charge >= 0.3 is 15.8 Å². The normalized spacial score (nSPS) is 11.7. The van der Waals surface area contributed by atoms with E-state index in [-0.39, 0.29) is 30.0 Å². The summed E-state index contributed by atoms with van der Waals surface area (Å²) in [6, 6.07) is 17.3. The highest BCUT2D eigenvalue weighted by Crippen LogP contribution is 2.13. The molecular formula is C23H24N4O6S. The average Bonchev–Trinajstić information content (AvgIpc) is 3.25. The summed E-state index contributed by atoms with van der Waals surface area (Å²) in [6.07, 6.45) is 1.48. The van der Waals surface area contributed by atoms with Crippen LogP contribution in [0, 0.1) is 0 Å². The van der Waals surface area contributed by atoms with Crippen molar-refractivity contribution in [3.8, 4) is 5.75 Å². The zero-order valence-electron chi connectivity index (χ0n) is 18.5. The molecule has 0 saturated carbocycles. The smallest absolute Gasteiger partial charge is 0.333 e. The van der Waals surface area contributed by atoms with E-state index in [1.165, 1.54) is 23.0 Å². The van der Waals surface area contributed by atoms with Crippen LogP contribution in [0.2, 0.25) is 0 Å². The fourth-order valence-corrected chi connectivity index (χ4v) is 4.46. The highest BCUT2D eigenvalue weighted by atomic mass is 32.2. The molecule has 4 aromatic rings. The molecule has 10 nitrogen and oxygen atoms in total. The number of nitrogens with zero attached hydrogens (tertiary/aromatic N) is 4. The summed E-state index contributed by atoms with van der Waals surface area (Å²) >= 11 is 0. The van der Waals surface area contributed by atoms with E-state index < -0.39 is 27.1 Å². The van der Waals surface area contributed by atoms with Crippen molar-refractivity contribution in [3.63, 3.8) is 0 Å². The standard InChI is InChI=1S/C23H24N4O6S/c1-32-14-12-25-17-24-21-20(25)22(28)26(23(29)27(21)16-18-8-4-2-5-9-18)13-15-34(30,31)33-19-10-6-3-7-11-19/h2-11,17H,12-16H2,1H3. The number of methoxy groups -OCH3 is 1. The lowest BCUT2D eigenvalue weighted by atomic mass is 10.2. The first kappa shape index (κ1) is 23.5. The van der Waals surface area contributed by atoms with Crippen LogP contribution in [-0.2, 0) is 34.5 Å². The Kier molecular flexibility index (Phi) is 6.94. The molecule has 4 rings (SSSR count). The summed E-state index contributed by atoms with van der Waals surface area (Å²) in [5.41, 5.74) is 0.00668. The molecule has 0 unspecified atom stereocenters. The van der Waals surface area contributed by atoms with E-state index in [9.17, 15) is 18.0 Å². The molecule has 34 heavy (non-hydrogen) atoms. The SMILES string of the molecule is COCCn1cnc2c1c(=O)n(CCS(=O)(=O)Oc1ccccc1)c(=O)n2Cc1ccccc1. The lowest BCUT2D eigenvalue weighted by Gasteiger charge is -2.13. The van der Waals surface area contributed by atoms with Gasteiger partial charge in [-0.2, -0.15) is 8.42 Å². The Balaban J connectivity index is 1.74. The highest BCUT2D eigenvalue weighted by molar-refractivity contribution is 7.87. The van der Waals surface area contributed by atoms with Crippen LogP contribution in [-0.4, -0.2) is 46.6 Å². The lowest BCUT2D eigenvalue weighted by Crippen LogP contribution is -2.42. The van der Waals surface area contributed by atoms with E-state index in [2.05, 4.69) is 4.98 Å². The quantitative estimate of drug-likeness (QED) is 0.313. The van der Waals surface area contributed by atoms with Crippen molar-refractivity contribution in [2.24, 2.45) is 0 Å². The maximum Gasteiger partial charge on any atom is 0.333 e. The molecule has 0 atom stereocenters. The third kappa shape index (κ3) is 5.10. The minimum Gasteiger partial charge on any atom is -0.383 e. The molecule has 0 aliphatic carbocycles. The lowest BCUT2D eigenvalue weighted by molar-refractivity contribution is 0.188. The van der Waals surface area contributed by atoms with Gasteiger partial charge in [0.05, 0.1) is 19.5 Å². The van der Waals surface area contributed by atoms with Crippen LogP contribution in [0.15, 0.2) is 76.6 Å². The first-order chi connectivity index (χ1) is 16.4. The molecule has 178 valence electrons. The van der Waals surface area contributed by atoms with Crippen LogP contribution < -0.4 is 15.4 Å². The first-order valence-corrected chi connectivity index (χ1v) is 12.2. The Bertz CT molecular complexity index is 1490. The summed E-state index contributed by atoms with van der Waals surface area (Å²) in [5.74, 6) is -0.399. The highest BCUT2D eigenvalue weighted by Gasteiger charge is 2.21. The summed E-state index contributed by atoms with van der Waals surface area (Å²) in [4.78, 5) is 30.9. The molecule has 0 bridgehead atoms. The maximum atomic E-state index is 13.3. The van der Waals surface area contributed by atoms with Crippen molar-refractivity contribution in [3.05, 3.63) is 93.4 Å². The van der Waals surface area contributed by atoms with Gasteiger partial charge in [-0.05, 0) is 17.7 Å². The van der Waals surface area contributed by atoms with Crippen LogP contribution in [0.5, 0.6) is 5.75 Å². The Hall–Kier alpha value is -3.70. The van der Waals surface area contributed by atoms with Gasteiger partial charge in [-0.25, -0.2) is 9.78 Å². The average molecular weight is 485 g/mol. The zero-order valence-corrected chi connectivity index (χ0v) is 19.3. The van der Waals surface area contributed by atoms with Gasteiger partial charge in [-0.15, -0.1) is 0 Å². The molecule has 0 amide bonds. The molecule has 11 heteroatoms. The second-order valence-corrected chi connectivity index (χ2v) is 9.26. The number of aromatic nitrogens is 4. The Morgan fingerprint density at radius 1 is 0.912 bits per heavy atom. The fraction of sp³-hybridized carbons (Fsp3) is 0.261. The Morgan fingerprint density at radius 3 is 2.26 bits per heavy atom. The largest absolute Gasteiger partial charge is 0.383 e. The molecule has 0 aliphatic rings. The topological polar surface area (TPSA) is 114 Å². The van der Waals surface area contributed by atoms with E-state index in [1.807, 2.05) is 30.3 Å². The fourth-order valence-electron chi connectivity index (χ4n) is 3.57. The molecule has 0 radical (unpaired) electrons. The first-order valence-electron chi connectivity index (χ1n) is 10.6. The predicted molar refractivity (Wildman–Crippen MR) is 127 cm³/mol. The van der Waals surface area contributed by atoms with Gasteiger partial charge in [0.2, 0.25) is 0 Å². The van der Waals surface area contributed by atoms with Crippen LogP contribution >= 0.6 is 0 Å². The number of hydrogen-bond donors (Lipinski definition) is 0. The number of imidazole rings is 1. The Labute approximate surface area is 195 Å². The van der Waals surface area contributed by atoms with Gasteiger partial charge < -0.3 is 13.5 Å². The summed E-state index contributed by atoms with van der Waals surface area (Å²) in [6.45, 7) is 0.487. The predicted octanol–water partition coefficient (Wildman–Crippen LogP) is 1.46. The number of fused-ring (bicyclic) bond motifs is 1. The van der Waals surface area contributed by atoms with Gasteiger partial charge in [-0.1, -0.05) is 48.5 Å². The molecule has 0 aliphatic heterocycles. The molecule has 2 heterocycles. The maximum absolute atomic E-state index is 13.3. The van der Waals surface area contributed by atoms with E-state index in [1.54, 1.807) is 29.9 Å². The van der Waals surface area contributed by atoms with Gasteiger partial charge in [0.15, 0.2) is 11.2 Å². The van der Waals surface area contributed by atoms with Gasteiger partial charge in [0, 0.05) is 20.2 Å². The molecular weight excluding hydrogens is 460 g/mol. The summed E-state index contributed by atoms with van der Waals surface area (Å²) < 4.78 is 39.1. The van der Waals surface area contributed by atoms with Crippen LogP contribution in [0.4, 0.5) is 0 Å². The Morgan fingerprint density at radius 2 is 1.59 bits per heavy atom. The number of hydrogen-bond acceptors (Lipinski definition) is 7. The minimum atomic E-state index is -4.05. The zero-order chi connectivity index (χ0) is 24.1. The van der Waals surface area contributed by atoms with E-state index in [0.717, 1.165) is 10.1 Å². The minimum absolute atomic E-state index is 0.157. The van der Waals surface area contributed by atoms with Gasteiger partial charge in [0.1, 0.15) is 11.5 Å². The third-order valence-electron chi connectivity index (χ3n) is 5.23. The number of rotatable bonds is 10. The van der Waals surface area contributed by atoms with Crippen molar-refractivity contribution in [2.75, 3.05) is 19.5 Å². The van der Waals surface area contributed by atoms with Gasteiger partial charge in [-0.3, -0.25) is 13.9 Å². The second kappa shape index (κ2) is 10.1. The molecule has 0 saturated heterocycles. The van der Waals surface area contributed by atoms with Crippen molar-refractivity contribution in [2.45, 2.75) is 19.6 Å². The molecule has 0 fully saturated rings. The molecule has 2 aromatic heterocycles. The second-order valence-electron chi connectivity index (χ2n) is 7.57. The number of ether oxygens (including phenoxy) is 1. The number of para-hydroxylation sites is 1. The van der Waals surface area contributed by atoms with Gasteiger partial charge in [0.25, 0.3) is 5.56 Å². The molecule has 2 aromatic carbocycles. The number of benzene rings is 2. The summed E-state index contributed by atoms with van der Waals surface area (Å²) in [7, 11) is -2.51. The van der Waals surface area contributed by atoms with Crippen molar-refractivity contribution < 1.29 is 17.3 Å². The van der Waals surface area contributed by atoms with Crippen molar-refractivity contribution >= 4 is 21.3 Å². The van der Waals surface area contributed by atoms with Crippen LogP contribution in [0.3, 0.4) is 0 Å². The van der Waals surface area contributed by atoms with Crippen molar-refractivity contribution in [1.29, 1.82) is 0 Å². The summed E-state index contributed by atoms with van der Waals surface area (Å²) in [5, 5.41) is 0. The van der Waals surface area contributed by atoms with Crippen LogP contribution in [0.25, 0.3) is 11.2 Å². The van der Waals surface area contributed by atoms with E-state index in [4.69, 9.17) is 8.92 Å².